The van der Waals surface area contributed by atoms with Crippen LogP contribution in [0.4, 0.5) is 10.1 Å². The van der Waals surface area contributed by atoms with Gasteiger partial charge in [0.2, 0.25) is 11.8 Å². The van der Waals surface area contributed by atoms with E-state index in [0.717, 1.165) is 9.87 Å². The lowest BCUT2D eigenvalue weighted by molar-refractivity contribution is -0.139. The number of rotatable bonds is 9. The van der Waals surface area contributed by atoms with E-state index in [0.29, 0.717) is 4.47 Å². The molecule has 190 valence electrons. The maximum absolute atomic E-state index is 14.4. The summed E-state index contributed by atoms with van der Waals surface area (Å²) in [7, 11) is -2.73. The number of anilines is 1. The minimum Gasteiger partial charge on any atom is -0.357 e. The fourth-order valence-electron chi connectivity index (χ4n) is 3.60. The highest BCUT2D eigenvalue weighted by Gasteiger charge is 2.32. The number of carbonyl (C=O) groups is 2. The van der Waals surface area contributed by atoms with Gasteiger partial charge in [0.05, 0.1) is 10.6 Å². The van der Waals surface area contributed by atoms with Crippen LogP contribution in [0.5, 0.6) is 0 Å². The van der Waals surface area contributed by atoms with Gasteiger partial charge in [-0.05, 0) is 50.2 Å². The van der Waals surface area contributed by atoms with E-state index in [-0.39, 0.29) is 22.7 Å². The van der Waals surface area contributed by atoms with Crippen LogP contribution in [0.3, 0.4) is 0 Å². The van der Waals surface area contributed by atoms with Gasteiger partial charge < -0.3 is 10.2 Å². The van der Waals surface area contributed by atoms with Crippen LogP contribution < -0.4 is 9.62 Å². The first-order valence-electron chi connectivity index (χ1n) is 11.1. The first kappa shape index (κ1) is 27.3. The van der Waals surface area contributed by atoms with E-state index in [2.05, 4.69) is 21.2 Å². The lowest BCUT2D eigenvalue weighted by Crippen LogP contribution is -2.50. The molecule has 0 aliphatic carbocycles. The Morgan fingerprint density at radius 1 is 1.03 bits per heavy atom. The molecule has 2 amide bonds. The summed E-state index contributed by atoms with van der Waals surface area (Å²) in [5, 5.41) is 2.49. The average molecular weight is 576 g/mol. The van der Waals surface area contributed by atoms with Gasteiger partial charge in [-0.2, -0.15) is 0 Å². The lowest BCUT2D eigenvalue weighted by Gasteiger charge is -2.32. The van der Waals surface area contributed by atoms with Gasteiger partial charge in [-0.25, -0.2) is 12.8 Å². The van der Waals surface area contributed by atoms with Crippen LogP contribution in [0.1, 0.15) is 18.1 Å². The molecule has 0 aliphatic rings. The monoisotopic (exact) mass is 575 g/mol. The first-order valence-corrected chi connectivity index (χ1v) is 13.4. The molecule has 1 atom stereocenters. The van der Waals surface area contributed by atoms with Crippen LogP contribution in [0.15, 0.2) is 82.2 Å². The Bertz CT molecular complexity index is 1350. The third-order valence-electron chi connectivity index (χ3n) is 5.70. The number of nitrogens with one attached hydrogen (secondary N) is 1. The minimum absolute atomic E-state index is 0.0147. The number of hydrogen-bond acceptors (Lipinski definition) is 4. The molecule has 0 fully saturated rings. The van der Waals surface area contributed by atoms with Crippen LogP contribution in [0.2, 0.25) is 0 Å². The second-order valence-electron chi connectivity index (χ2n) is 8.21. The van der Waals surface area contributed by atoms with Gasteiger partial charge in [-0.15, -0.1) is 0 Å². The molecular weight excluding hydrogens is 549 g/mol. The largest absolute Gasteiger partial charge is 0.357 e. The van der Waals surface area contributed by atoms with Crippen molar-refractivity contribution < 1.29 is 22.4 Å². The quantitative estimate of drug-likeness (QED) is 0.413. The predicted octanol–water partition coefficient (Wildman–Crippen LogP) is 4.26. The van der Waals surface area contributed by atoms with Gasteiger partial charge in [-0.3, -0.25) is 13.9 Å². The second kappa shape index (κ2) is 11.7. The van der Waals surface area contributed by atoms with Gasteiger partial charge in [0.1, 0.15) is 18.4 Å². The number of halogens is 2. The van der Waals surface area contributed by atoms with Crippen LogP contribution in [-0.4, -0.2) is 44.8 Å². The molecule has 3 rings (SSSR count). The molecule has 0 aliphatic heterocycles. The van der Waals surface area contributed by atoms with E-state index < -0.39 is 40.2 Å². The van der Waals surface area contributed by atoms with Gasteiger partial charge in [0, 0.05) is 23.6 Å². The van der Waals surface area contributed by atoms with E-state index >= 15 is 0 Å². The summed E-state index contributed by atoms with van der Waals surface area (Å²) in [6.07, 6.45) is 0. The highest BCUT2D eigenvalue weighted by Crippen LogP contribution is 2.27. The van der Waals surface area contributed by atoms with E-state index in [4.69, 9.17) is 0 Å². The van der Waals surface area contributed by atoms with Crippen molar-refractivity contribution in [1.82, 2.24) is 10.2 Å². The Kier molecular flexibility index (Phi) is 8.86. The molecule has 0 bridgehead atoms. The highest BCUT2D eigenvalue weighted by atomic mass is 79.9. The van der Waals surface area contributed by atoms with Crippen molar-refractivity contribution in [3.8, 4) is 0 Å². The van der Waals surface area contributed by atoms with Gasteiger partial charge in [0.15, 0.2) is 0 Å². The van der Waals surface area contributed by atoms with Crippen LogP contribution in [0, 0.1) is 12.7 Å². The van der Waals surface area contributed by atoms with Crippen molar-refractivity contribution in [3.05, 3.63) is 94.2 Å². The number of sulfonamides is 1. The highest BCUT2D eigenvalue weighted by molar-refractivity contribution is 9.10. The molecule has 0 saturated heterocycles. The van der Waals surface area contributed by atoms with Gasteiger partial charge >= 0.3 is 0 Å². The molecule has 1 N–H and O–H groups in total. The summed E-state index contributed by atoms with van der Waals surface area (Å²) in [6.45, 7) is 2.54. The number of nitrogens with zero attached hydrogens (tertiary/aromatic N) is 2. The standard InChI is InChI=1S/C26H27BrFN3O4S/c1-18-11-13-23(14-12-18)36(34,35)31(22-9-6-8-21(27)15-22)17-25(32)30(19(2)26(33)29-3)16-20-7-4-5-10-24(20)28/h4-15,19H,16-17H2,1-3H3,(H,29,33). The molecule has 0 heterocycles. The molecule has 3 aromatic rings. The van der Waals surface area contributed by atoms with Crippen molar-refractivity contribution in [3.63, 3.8) is 0 Å². The molecule has 1 unspecified atom stereocenters. The maximum atomic E-state index is 14.4. The number of benzene rings is 3. The third-order valence-corrected chi connectivity index (χ3v) is 7.98. The Labute approximate surface area is 219 Å². The van der Waals surface area contributed by atoms with Crippen molar-refractivity contribution >= 4 is 43.5 Å². The Balaban J connectivity index is 2.05. The van der Waals surface area contributed by atoms with Crippen LogP contribution in [0.25, 0.3) is 0 Å². The molecular formula is C26H27BrFN3O4S. The maximum Gasteiger partial charge on any atom is 0.264 e. The zero-order valence-corrected chi connectivity index (χ0v) is 22.5. The number of hydrogen-bond donors (Lipinski definition) is 1. The van der Waals surface area contributed by atoms with E-state index in [9.17, 15) is 22.4 Å². The summed E-state index contributed by atoms with van der Waals surface area (Å²) in [5.41, 5.74) is 1.35. The number of aryl methyl sites for hydroxylation is 1. The third kappa shape index (κ3) is 6.30. The number of amides is 2. The fourth-order valence-corrected chi connectivity index (χ4v) is 5.39. The summed E-state index contributed by atoms with van der Waals surface area (Å²) in [6, 6.07) is 17.8. The normalized spacial score (nSPS) is 12.0. The van der Waals surface area contributed by atoms with E-state index in [1.54, 1.807) is 42.5 Å². The van der Waals surface area contributed by atoms with Crippen molar-refractivity contribution in [2.24, 2.45) is 0 Å². The zero-order valence-electron chi connectivity index (χ0n) is 20.1. The lowest BCUT2D eigenvalue weighted by atomic mass is 10.1. The zero-order chi connectivity index (χ0) is 26.5. The van der Waals surface area contributed by atoms with Gasteiger partial charge in [0.25, 0.3) is 10.0 Å². The van der Waals surface area contributed by atoms with Crippen molar-refractivity contribution in [1.29, 1.82) is 0 Å². The summed E-state index contributed by atoms with van der Waals surface area (Å²) in [5.74, 6) is -1.66. The van der Waals surface area contributed by atoms with Crippen LogP contribution >= 0.6 is 15.9 Å². The molecule has 3 aromatic carbocycles. The van der Waals surface area contributed by atoms with Crippen molar-refractivity contribution in [2.45, 2.75) is 31.3 Å². The van der Waals surface area contributed by atoms with E-state index in [1.165, 1.54) is 49.2 Å². The number of carbonyl (C=O) groups excluding carboxylic acids is 2. The Hall–Kier alpha value is -3.24. The summed E-state index contributed by atoms with van der Waals surface area (Å²) < 4.78 is 43.4. The summed E-state index contributed by atoms with van der Waals surface area (Å²) >= 11 is 3.35. The molecule has 0 saturated carbocycles. The molecule has 36 heavy (non-hydrogen) atoms. The molecule has 0 spiro atoms. The van der Waals surface area contributed by atoms with Crippen molar-refractivity contribution in [2.75, 3.05) is 17.9 Å². The molecule has 7 nitrogen and oxygen atoms in total. The fraction of sp³-hybridized carbons (Fsp3) is 0.231. The molecule has 0 radical (unpaired) electrons. The Morgan fingerprint density at radius 2 is 1.69 bits per heavy atom. The predicted molar refractivity (Wildman–Crippen MR) is 140 cm³/mol. The Morgan fingerprint density at radius 3 is 2.31 bits per heavy atom. The van der Waals surface area contributed by atoms with Gasteiger partial charge in [-0.1, -0.05) is 57.9 Å². The second-order valence-corrected chi connectivity index (χ2v) is 11.0. The topological polar surface area (TPSA) is 86.8 Å². The first-order chi connectivity index (χ1) is 17.0. The number of likely N-dealkylation sites (N-methyl/N-ethyl adjacent to an activating group) is 1. The van der Waals surface area contributed by atoms with Crippen LogP contribution in [-0.2, 0) is 26.2 Å². The van der Waals surface area contributed by atoms with E-state index in [1.807, 2.05) is 6.92 Å². The SMILES string of the molecule is CNC(=O)C(C)N(Cc1ccccc1F)C(=O)CN(c1cccc(Br)c1)S(=O)(=O)c1ccc(C)cc1. The summed E-state index contributed by atoms with van der Waals surface area (Å²) in [4.78, 5) is 27.3. The smallest absolute Gasteiger partial charge is 0.264 e. The molecule has 0 aromatic heterocycles. The average Bonchev–Trinajstić information content (AvgIpc) is 2.85. The molecule has 10 heteroatoms. The minimum atomic E-state index is -4.16.